The molecule has 1 aliphatic carbocycles. The van der Waals surface area contributed by atoms with Crippen molar-refractivity contribution in [3.8, 4) is 0 Å². The van der Waals surface area contributed by atoms with Crippen LogP contribution in [0.1, 0.15) is 32.6 Å². The van der Waals surface area contributed by atoms with Gasteiger partial charge in [0, 0.05) is 19.1 Å². The van der Waals surface area contributed by atoms with Gasteiger partial charge in [0.15, 0.2) is 0 Å². The second-order valence-electron chi connectivity index (χ2n) is 4.80. The molecule has 2 N–H and O–H groups in total. The Hall–Kier alpha value is -0.170. The van der Waals surface area contributed by atoms with Crippen LogP contribution in [0.2, 0.25) is 0 Å². The van der Waals surface area contributed by atoms with E-state index in [-0.39, 0.29) is 5.54 Å². The molecule has 0 saturated heterocycles. The summed E-state index contributed by atoms with van der Waals surface area (Å²) in [5.41, 5.74) is -0.212. The fourth-order valence-electron chi connectivity index (χ4n) is 1.80. The van der Waals surface area contributed by atoms with Crippen molar-refractivity contribution in [2.75, 3.05) is 27.2 Å². The lowest BCUT2D eigenvalue weighted by molar-refractivity contribution is 0.242. The lowest BCUT2D eigenvalue weighted by Crippen LogP contribution is -2.54. The van der Waals surface area contributed by atoms with Gasteiger partial charge in [-0.05, 0) is 46.2 Å². The summed E-state index contributed by atoms with van der Waals surface area (Å²) < 4.78 is 28.0. The van der Waals surface area contributed by atoms with E-state index >= 15 is 0 Å². The second-order valence-corrected chi connectivity index (χ2v) is 6.58. The Labute approximate surface area is 98.8 Å². The van der Waals surface area contributed by atoms with Crippen molar-refractivity contribution in [1.82, 2.24) is 14.3 Å². The van der Waals surface area contributed by atoms with Gasteiger partial charge in [0.1, 0.15) is 0 Å². The Bertz CT molecular complexity index is 312. The van der Waals surface area contributed by atoms with Crippen LogP contribution in [0.15, 0.2) is 0 Å². The highest BCUT2D eigenvalue weighted by molar-refractivity contribution is 7.87. The van der Waals surface area contributed by atoms with Crippen LogP contribution in [0, 0.1) is 0 Å². The minimum Gasteiger partial charge on any atom is -0.320 e. The predicted molar refractivity (Wildman–Crippen MR) is 65.5 cm³/mol. The number of nitrogens with one attached hydrogen (secondary N) is 2. The molecule has 0 aromatic heterocycles. The van der Waals surface area contributed by atoms with Crippen LogP contribution in [-0.2, 0) is 10.2 Å². The molecule has 5 nitrogen and oxygen atoms in total. The van der Waals surface area contributed by atoms with Crippen molar-refractivity contribution < 1.29 is 8.42 Å². The van der Waals surface area contributed by atoms with E-state index in [9.17, 15) is 8.42 Å². The van der Waals surface area contributed by atoms with Gasteiger partial charge < -0.3 is 5.32 Å². The van der Waals surface area contributed by atoms with Gasteiger partial charge in [0.25, 0.3) is 10.2 Å². The molecule has 1 aliphatic rings. The van der Waals surface area contributed by atoms with Crippen molar-refractivity contribution in [2.45, 2.75) is 38.1 Å². The van der Waals surface area contributed by atoms with Crippen LogP contribution in [-0.4, -0.2) is 45.4 Å². The Kier molecular flexibility index (Phi) is 4.73. The van der Waals surface area contributed by atoms with Gasteiger partial charge in [-0.1, -0.05) is 0 Å². The van der Waals surface area contributed by atoms with E-state index in [1.54, 1.807) is 7.05 Å². The molecule has 0 heterocycles. The van der Waals surface area contributed by atoms with Crippen molar-refractivity contribution in [2.24, 2.45) is 0 Å². The first-order chi connectivity index (χ1) is 7.40. The number of hydrogen-bond acceptors (Lipinski definition) is 3. The van der Waals surface area contributed by atoms with Crippen LogP contribution in [0.3, 0.4) is 0 Å². The first kappa shape index (κ1) is 13.9. The van der Waals surface area contributed by atoms with Gasteiger partial charge in [-0.25, -0.2) is 0 Å². The van der Waals surface area contributed by atoms with Crippen LogP contribution in [0.5, 0.6) is 0 Å². The highest BCUT2D eigenvalue weighted by atomic mass is 32.2. The Balaban J connectivity index is 2.43. The highest BCUT2D eigenvalue weighted by Crippen LogP contribution is 2.31. The molecule has 0 aromatic rings. The van der Waals surface area contributed by atoms with Crippen molar-refractivity contribution >= 4 is 10.2 Å². The normalized spacial score (nSPS) is 19.8. The van der Waals surface area contributed by atoms with E-state index in [1.807, 2.05) is 14.0 Å². The van der Waals surface area contributed by atoms with Crippen molar-refractivity contribution in [3.63, 3.8) is 0 Å². The average molecular weight is 249 g/mol. The van der Waals surface area contributed by atoms with Crippen LogP contribution in [0.25, 0.3) is 0 Å². The van der Waals surface area contributed by atoms with Gasteiger partial charge in [0.05, 0.1) is 0 Å². The molecule has 0 spiro atoms. The van der Waals surface area contributed by atoms with E-state index in [0.717, 1.165) is 32.2 Å². The first-order valence-corrected chi connectivity index (χ1v) is 7.23. The summed E-state index contributed by atoms with van der Waals surface area (Å²) in [6.07, 6.45) is 3.82. The Morgan fingerprint density at radius 3 is 2.44 bits per heavy atom. The van der Waals surface area contributed by atoms with Crippen molar-refractivity contribution in [1.29, 1.82) is 0 Å². The minimum atomic E-state index is -3.30. The van der Waals surface area contributed by atoms with E-state index in [0.29, 0.717) is 6.54 Å². The molecule has 0 unspecified atom stereocenters. The summed E-state index contributed by atoms with van der Waals surface area (Å²) in [6.45, 7) is 3.35. The number of nitrogens with zero attached hydrogens (tertiary/aromatic N) is 1. The lowest BCUT2D eigenvalue weighted by Gasteiger charge is -2.39. The molecular formula is C10H23N3O2S. The zero-order valence-electron chi connectivity index (χ0n) is 10.4. The smallest absolute Gasteiger partial charge is 0.279 e. The van der Waals surface area contributed by atoms with Crippen LogP contribution < -0.4 is 10.0 Å². The summed E-state index contributed by atoms with van der Waals surface area (Å²) in [5, 5.41) is 3.00. The molecule has 0 radical (unpaired) electrons. The molecule has 0 aliphatic heterocycles. The summed E-state index contributed by atoms with van der Waals surface area (Å²) in [7, 11) is 0.185. The van der Waals surface area contributed by atoms with E-state index in [2.05, 4.69) is 10.0 Å². The molecular weight excluding hydrogens is 226 g/mol. The third-order valence-electron chi connectivity index (χ3n) is 3.14. The molecule has 0 bridgehead atoms. The van der Waals surface area contributed by atoms with Crippen LogP contribution in [0.4, 0.5) is 0 Å². The third-order valence-corrected chi connectivity index (χ3v) is 4.90. The van der Waals surface area contributed by atoms with Gasteiger partial charge in [-0.2, -0.15) is 17.4 Å². The SMILES string of the molecule is CNCCCN(C)S(=O)(=O)NC1(C)CCC1. The quantitative estimate of drug-likeness (QED) is 0.638. The Morgan fingerprint density at radius 2 is 2.00 bits per heavy atom. The molecule has 0 amide bonds. The van der Waals surface area contributed by atoms with Gasteiger partial charge in [0.2, 0.25) is 0 Å². The molecule has 0 atom stereocenters. The highest BCUT2D eigenvalue weighted by Gasteiger charge is 2.36. The minimum absolute atomic E-state index is 0.212. The zero-order valence-corrected chi connectivity index (χ0v) is 11.2. The third kappa shape index (κ3) is 3.69. The molecule has 1 rings (SSSR count). The summed E-state index contributed by atoms with van der Waals surface area (Å²) in [4.78, 5) is 0. The average Bonchev–Trinajstić information content (AvgIpc) is 2.15. The maximum absolute atomic E-state index is 11.9. The van der Waals surface area contributed by atoms with Gasteiger partial charge in [-0.3, -0.25) is 0 Å². The number of rotatable bonds is 7. The summed E-state index contributed by atoms with van der Waals surface area (Å²) in [6, 6.07) is 0. The fourth-order valence-corrected chi connectivity index (χ4v) is 3.15. The van der Waals surface area contributed by atoms with Crippen molar-refractivity contribution in [3.05, 3.63) is 0 Å². The summed E-state index contributed by atoms with van der Waals surface area (Å²) in [5.74, 6) is 0. The standard InChI is InChI=1S/C10H23N3O2S/c1-10(6-4-7-10)12-16(14,15)13(3)9-5-8-11-2/h11-12H,4-9H2,1-3H3. The van der Waals surface area contributed by atoms with E-state index in [1.165, 1.54) is 4.31 Å². The van der Waals surface area contributed by atoms with Gasteiger partial charge in [-0.15, -0.1) is 0 Å². The maximum Gasteiger partial charge on any atom is 0.279 e. The predicted octanol–water partition coefficient (Wildman–Crippen LogP) is 0.305. The molecule has 0 aromatic carbocycles. The first-order valence-electron chi connectivity index (χ1n) is 5.79. The topological polar surface area (TPSA) is 61.4 Å². The molecule has 6 heteroatoms. The van der Waals surface area contributed by atoms with Gasteiger partial charge >= 0.3 is 0 Å². The molecule has 16 heavy (non-hydrogen) atoms. The monoisotopic (exact) mass is 249 g/mol. The second kappa shape index (κ2) is 5.44. The Morgan fingerprint density at radius 1 is 1.38 bits per heavy atom. The lowest BCUT2D eigenvalue weighted by atomic mass is 9.80. The molecule has 1 saturated carbocycles. The van der Waals surface area contributed by atoms with Crippen LogP contribution >= 0.6 is 0 Å². The molecule has 1 fully saturated rings. The van der Waals surface area contributed by atoms with E-state index in [4.69, 9.17) is 0 Å². The zero-order chi connectivity index (χ0) is 12.2. The van der Waals surface area contributed by atoms with E-state index < -0.39 is 10.2 Å². The fraction of sp³-hybridized carbons (Fsp3) is 1.00. The maximum atomic E-state index is 11.9. The molecule has 96 valence electrons. The number of hydrogen-bond donors (Lipinski definition) is 2. The largest absolute Gasteiger partial charge is 0.320 e. The summed E-state index contributed by atoms with van der Waals surface area (Å²) >= 11 is 0.